The molecule has 4 aromatic rings. The van der Waals surface area contributed by atoms with Gasteiger partial charge in [0.05, 0.1) is 18.2 Å². The van der Waals surface area contributed by atoms with Crippen molar-refractivity contribution in [1.29, 1.82) is 0 Å². The Hall–Kier alpha value is -3.76. The third-order valence-electron chi connectivity index (χ3n) is 3.99. The van der Waals surface area contributed by atoms with E-state index >= 15 is 0 Å². The number of para-hydroxylation sites is 1. The van der Waals surface area contributed by atoms with Gasteiger partial charge in [-0.15, -0.1) is 10.2 Å². The predicted molar refractivity (Wildman–Crippen MR) is 93.6 cm³/mol. The van der Waals surface area contributed by atoms with E-state index in [0.717, 1.165) is 16.9 Å². The highest BCUT2D eigenvalue weighted by Gasteiger charge is 2.30. The minimum Gasteiger partial charge on any atom is -0.496 e. The first kappa shape index (κ1) is 18.6. The SMILES string of the molecule is COc1ccccc1-c1noc(Cn2nnc(-c3cccc(C(F)(F)F)c3)n2)n1. The van der Waals surface area contributed by atoms with Crippen molar-refractivity contribution >= 4 is 0 Å². The molecular formula is C18H13F3N6O2. The summed E-state index contributed by atoms with van der Waals surface area (Å²) in [5, 5.41) is 15.6. The Kier molecular flexibility index (Phi) is 4.71. The molecular weight excluding hydrogens is 389 g/mol. The van der Waals surface area contributed by atoms with Gasteiger partial charge >= 0.3 is 6.18 Å². The Labute approximate surface area is 161 Å². The molecule has 0 aliphatic heterocycles. The van der Waals surface area contributed by atoms with Gasteiger partial charge in [-0.3, -0.25) is 0 Å². The molecule has 2 heterocycles. The molecule has 2 aromatic carbocycles. The van der Waals surface area contributed by atoms with Crippen molar-refractivity contribution in [2.24, 2.45) is 0 Å². The van der Waals surface area contributed by atoms with E-state index in [-0.39, 0.29) is 23.8 Å². The molecule has 0 atom stereocenters. The fraction of sp³-hybridized carbons (Fsp3) is 0.167. The van der Waals surface area contributed by atoms with Crippen LogP contribution in [0.2, 0.25) is 0 Å². The maximum atomic E-state index is 12.9. The fourth-order valence-electron chi connectivity index (χ4n) is 2.64. The van der Waals surface area contributed by atoms with E-state index in [0.29, 0.717) is 17.1 Å². The zero-order valence-electron chi connectivity index (χ0n) is 15.0. The summed E-state index contributed by atoms with van der Waals surface area (Å²) in [6.07, 6.45) is -4.45. The Bertz CT molecular complexity index is 1140. The third kappa shape index (κ3) is 3.93. The van der Waals surface area contributed by atoms with E-state index in [1.54, 1.807) is 12.1 Å². The molecule has 2 aromatic heterocycles. The van der Waals surface area contributed by atoms with Gasteiger partial charge in [-0.1, -0.05) is 29.4 Å². The van der Waals surface area contributed by atoms with Crippen molar-refractivity contribution < 1.29 is 22.4 Å². The average molecular weight is 402 g/mol. The molecule has 0 fully saturated rings. The second-order valence-corrected chi connectivity index (χ2v) is 5.93. The lowest BCUT2D eigenvalue weighted by atomic mass is 10.1. The van der Waals surface area contributed by atoms with E-state index in [2.05, 4.69) is 25.6 Å². The molecule has 0 radical (unpaired) electrons. The Morgan fingerprint density at radius 2 is 1.90 bits per heavy atom. The Morgan fingerprint density at radius 1 is 1.07 bits per heavy atom. The van der Waals surface area contributed by atoms with Crippen LogP contribution in [-0.4, -0.2) is 37.5 Å². The van der Waals surface area contributed by atoms with Gasteiger partial charge in [0.25, 0.3) is 5.89 Å². The number of methoxy groups -OCH3 is 1. The average Bonchev–Trinajstić information content (AvgIpc) is 3.37. The first-order chi connectivity index (χ1) is 13.9. The second kappa shape index (κ2) is 7.34. The number of nitrogens with zero attached hydrogens (tertiary/aromatic N) is 6. The van der Waals surface area contributed by atoms with Crippen LogP contribution in [0.1, 0.15) is 11.5 Å². The van der Waals surface area contributed by atoms with Crippen LogP contribution in [0.25, 0.3) is 22.8 Å². The highest BCUT2D eigenvalue weighted by Crippen LogP contribution is 2.31. The van der Waals surface area contributed by atoms with Gasteiger partial charge in [-0.25, -0.2) is 0 Å². The molecule has 148 valence electrons. The van der Waals surface area contributed by atoms with E-state index in [9.17, 15) is 13.2 Å². The molecule has 4 rings (SSSR count). The van der Waals surface area contributed by atoms with Crippen molar-refractivity contribution in [3.8, 4) is 28.5 Å². The molecule has 0 spiro atoms. The standard InChI is InChI=1S/C18H13F3N6O2/c1-28-14-8-3-2-7-13(14)17-22-15(29-25-17)10-27-24-16(23-26-27)11-5-4-6-12(9-11)18(19,20)21/h2-9H,10H2,1H3. The molecule has 11 heteroatoms. The van der Waals surface area contributed by atoms with E-state index < -0.39 is 11.7 Å². The van der Waals surface area contributed by atoms with Gasteiger partial charge in [-0.05, 0) is 29.5 Å². The first-order valence-electron chi connectivity index (χ1n) is 8.35. The van der Waals surface area contributed by atoms with Crippen LogP contribution in [0.15, 0.2) is 53.1 Å². The van der Waals surface area contributed by atoms with Crippen LogP contribution < -0.4 is 4.74 Å². The number of hydrogen-bond donors (Lipinski definition) is 0. The lowest BCUT2D eigenvalue weighted by Gasteiger charge is -2.06. The second-order valence-electron chi connectivity index (χ2n) is 5.93. The minimum atomic E-state index is -4.45. The van der Waals surface area contributed by atoms with Gasteiger partial charge in [0.15, 0.2) is 0 Å². The van der Waals surface area contributed by atoms with Crippen LogP contribution >= 0.6 is 0 Å². The van der Waals surface area contributed by atoms with E-state index in [4.69, 9.17) is 9.26 Å². The number of aromatic nitrogens is 6. The minimum absolute atomic E-state index is 0.00805. The summed E-state index contributed by atoms with van der Waals surface area (Å²) >= 11 is 0. The highest BCUT2D eigenvalue weighted by molar-refractivity contribution is 5.63. The summed E-state index contributed by atoms with van der Waals surface area (Å²) in [5.41, 5.74) is 0.0669. The van der Waals surface area contributed by atoms with Crippen LogP contribution in [0, 0.1) is 0 Å². The predicted octanol–water partition coefficient (Wildman–Crippen LogP) is 3.47. The molecule has 0 saturated heterocycles. The maximum Gasteiger partial charge on any atom is 0.416 e. The monoisotopic (exact) mass is 402 g/mol. The number of benzene rings is 2. The first-order valence-corrected chi connectivity index (χ1v) is 8.35. The number of halogens is 3. The van der Waals surface area contributed by atoms with E-state index in [1.807, 2.05) is 12.1 Å². The van der Waals surface area contributed by atoms with Gasteiger partial charge in [0.1, 0.15) is 12.3 Å². The Balaban J connectivity index is 1.54. The smallest absolute Gasteiger partial charge is 0.416 e. The van der Waals surface area contributed by atoms with Crippen molar-refractivity contribution in [3.05, 3.63) is 60.0 Å². The molecule has 0 saturated carbocycles. The van der Waals surface area contributed by atoms with Crippen molar-refractivity contribution in [2.45, 2.75) is 12.7 Å². The van der Waals surface area contributed by atoms with Crippen LogP contribution in [0.5, 0.6) is 5.75 Å². The molecule has 0 aliphatic rings. The third-order valence-corrected chi connectivity index (χ3v) is 3.99. The zero-order valence-corrected chi connectivity index (χ0v) is 15.0. The van der Waals surface area contributed by atoms with Crippen molar-refractivity contribution in [3.63, 3.8) is 0 Å². The summed E-state index contributed by atoms with van der Waals surface area (Å²) in [5.74, 6) is 1.18. The molecule has 0 amide bonds. The lowest BCUT2D eigenvalue weighted by molar-refractivity contribution is -0.137. The number of hydrogen-bond acceptors (Lipinski definition) is 7. The highest BCUT2D eigenvalue weighted by atomic mass is 19.4. The zero-order chi connectivity index (χ0) is 20.4. The molecule has 29 heavy (non-hydrogen) atoms. The molecule has 0 N–H and O–H groups in total. The van der Waals surface area contributed by atoms with Crippen LogP contribution in [-0.2, 0) is 12.7 Å². The van der Waals surface area contributed by atoms with Gasteiger partial charge in [-0.2, -0.15) is 23.0 Å². The van der Waals surface area contributed by atoms with Gasteiger partial charge < -0.3 is 9.26 Å². The molecule has 8 nitrogen and oxygen atoms in total. The summed E-state index contributed by atoms with van der Waals surface area (Å²) in [6.45, 7) is 0.00805. The summed E-state index contributed by atoms with van der Waals surface area (Å²) < 4.78 is 49.1. The van der Waals surface area contributed by atoms with Gasteiger partial charge in [0, 0.05) is 5.56 Å². The molecule has 0 unspecified atom stereocenters. The van der Waals surface area contributed by atoms with E-state index in [1.165, 1.54) is 19.2 Å². The van der Waals surface area contributed by atoms with Gasteiger partial charge in [0.2, 0.25) is 11.6 Å². The quantitative estimate of drug-likeness (QED) is 0.505. The molecule has 0 bridgehead atoms. The fourth-order valence-corrected chi connectivity index (χ4v) is 2.64. The number of tetrazole rings is 1. The van der Waals surface area contributed by atoms with Crippen molar-refractivity contribution in [2.75, 3.05) is 7.11 Å². The molecule has 0 aliphatic carbocycles. The number of ether oxygens (including phenoxy) is 1. The summed E-state index contributed by atoms with van der Waals surface area (Å²) in [6, 6.07) is 11.9. The summed E-state index contributed by atoms with van der Waals surface area (Å²) in [4.78, 5) is 5.44. The maximum absolute atomic E-state index is 12.9. The normalized spacial score (nSPS) is 11.6. The lowest BCUT2D eigenvalue weighted by Crippen LogP contribution is -2.05. The van der Waals surface area contributed by atoms with Crippen LogP contribution in [0.3, 0.4) is 0 Å². The largest absolute Gasteiger partial charge is 0.496 e. The van der Waals surface area contributed by atoms with Crippen LogP contribution in [0.4, 0.5) is 13.2 Å². The van der Waals surface area contributed by atoms with Crippen molar-refractivity contribution in [1.82, 2.24) is 30.3 Å². The number of rotatable bonds is 5. The number of alkyl halides is 3. The Morgan fingerprint density at radius 3 is 2.69 bits per heavy atom. The summed E-state index contributed by atoms with van der Waals surface area (Å²) in [7, 11) is 1.54. The topological polar surface area (TPSA) is 91.8 Å².